The van der Waals surface area contributed by atoms with Crippen LogP contribution in [0.25, 0.3) is 0 Å². The van der Waals surface area contributed by atoms with Crippen LogP contribution in [0.1, 0.15) is 33.6 Å². The minimum absolute atomic E-state index is 0.0775. The third kappa shape index (κ3) is 1.89. The van der Waals surface area contributed by atoms with Crippen LogP contribution >= 0.6 is 0 Å². The quantitative estimate of drug-likeness (QED) is 0.763. The van der Waals surface area contributed by atoms with Crippen LogP contribution < -0.4 is 0 Å². The molecule has 0 bridgehead atoms. The number of carbonyl (C=O) groups is 1. The average Bonchev–Trinajstić information content (AvgIpc) is 2.93. The van der Waals surface area contributed by atoms with Crippen LogP contribution in [-0.2, 0) is 4.79 Å². The van der Waals surface area contributed by atoms with Gasteiger partial charge in [0.05, 0.1) is 13.1 Å². The van der Waals surface area contributed by atoms with E-state index in [9.17, 15) is 9.90 Å². The summed E-state index contributed by atoms with van der Waals surface area (Å²) in [6, 6.07) is 0. The fraction of sp³-hybridized carbons (Fsp3) is 0.917. The van der Waals surface area contributed by atoms with Gasteiger partial charge in [0.2, 0.25) is 5.91 Å². The molecule has 15 heavy (non-hydrogen) atoms. The van der Waals surface area contributed by atoms with E-state index in [0.717, 1.165) is 12.8 Å². The van der Waals surface area contributed by atoms with Crippen molar-refractivity contribution < 1.29 is 9.90 Å². The third-order valence-electron chi connectivity index (χ3n) is 3.97. The summed E-state index contributed by atoms with van der Waals surface area (Å²) in [6.45, 7) is 7.23. The zero-order valence-electron chi connectivity index (χ0n) is 9.86. The molecular weight excluding hydrogens is 190 g/mol. The number of amides is 1. The van der Waals surface area contributed by atoms with Crippen LogP contribution in [0.15, 0.2) is 0 Å². The molecule has 0 spiro atoms. The van der Waals surface area contributed by atoms with E-state index in [1.165, 1.54) is 0 Å². The van der Waals surface area contributed by atoms with Gasteiger partial charge in [0.1, 0.15) is 5.60 Å². The number of aliphatic hydroxyl groups is 1. The molecule has 1 N–H and O–H groups in total. The predicted molar refractivity (Wildman–Crippen MR) is 58.3 cm³/mol. The number of hydrogen-bond acceptors (Lipinski definition) is 2. The zero-order chi connectivity index (χ0) is 11.2. The Kier molecular flexibility index (Phi) is 2.53. The van der Waals surface area contributed by atoms with Gasteiger partial charge in [-0.3, -0.25) is 4.79 Å². The Morgan fingerprint density at radius 1 is 1.33 bits per heavy atom. The molecule has 1 aliphatic heterocycles. The fourth-order valence-corrected chi connectivity index (χ4v) is 2.22. The summed E-state index contributed by atoms with van der Waals surface area (Å²) >= 11 is 0. The second-order valence-corrected chi connectivity index (χ2v) is 5.60. The molecule has 2 aliphatic rings. The lowest BCUT2D eigenvalue weighted by Gasteiger charge is -2.48. The molecule has 1 saturated carbocycles. The van der Waals surface area contributed by atoms with Gasteiger partial charge in [-0.15, -0.1) is 0 Å². The lowest BCUT2D eigenvalue weighted by Crippen LogP contribution is -2.65. The van der Waals surface area contributed by atoms with Gasteiger partial charge in [0.25, 0.3) is 0 Å². The van der Waals surface area contributed by atoms with E-state index >= 15 is 0 Å². The molecule has 0 radical (unpaired) electrons. The van der Waals surface area contributed by atoms with E-state index in [1.54, 1.807) is 0 Å². The van der Waals surface area contributed by atoms with Gasteiger partial charge < -0.3 is 10.0 Å². The molecule has 0 aromatic carbocycles. The summed E-state index contributed by atoms with van der Waals surface area (Å²) in [5.74, 6) is 1.13. The predicted octanol–water partition coefficient (Wildman–Crippen LogP) is 1.26. The first-order valence-corrected chi connectivity index (χ1v) is 5.95. The Morgan fingerprint density at radius 3 is 2.27 bits per heavy atom. The lowest BCUT2D eigenvalue weighted by atomic mass is 9.86. The van der Waals surface area contributed by atoms with E-state index in [2.05, 4.69) is 13.8 Å². The van der Waals surface area contributed by atoms with Crippen molar-refractivity contribution in [3.63, 3.8) is 0 Å². The summed E-state index contributed by atoms with van der Waals surface area (Å²) in [5, 5.41) is 10.1. The average molecular weight is 211 g/mol. The number of likely N-dealkylation sites (tertiary alicyclic amines) is 1. The molecular formula is C12H21NO2. The molecule has 3 heteroatoms. The Morgan fingerprint density at radius 2 is 1.87 bits per heavy atom. The topological polar surface area (TPSA) is 40.5 Å². The smallest absolute Gasteiger partial charge is 0.225 e. The number of rotatable bonds is 3. The molecule has 2 fully saturated rings. The summed E-state index contributed by atoms with van der Waals surface area (Å²) in [4.78, 5) is 13.7. The van der Waals surface area contributed by atoms with Crippen molar-refractivity contribution in [2.75, 3.05) is 13.1 Å². The van der Waals surface area contributed by atoms with E-state index in [4.69, 9.17) is 0 Å². The van der Waals surface area contributed by atoms with Crippen LogP contribution in [0.4, 0.5) is 0 Å². The van der Waals surface area contributed by atoms with Gasteiger partial charge in [-0.1, -0.05) is 20.8 Å². The Hall–Kier alpha value is -0.570. The lowest BCUT2D eigenvalue weighted by molar-refractivity contribution is -0.164. The second-order valence-electron chi connectivity index (χ2n) is 5.60. The van der Waals surface area contributed by atoms with E-state index < -0.39 is 5.60 Å². The molecule has 1 saturated heterocycles. The number of β-amino-alcohol motifs (C(OH)–C–C–N with tert-alkyl or cyclic N) is 1. The molecule has 86 valence electrons. The van der Waals surface area contributed by atoms with Crippen LogP contribution in [0.5, 0.6) is 0 Å². The van der Waals surface area contributed by atoms with Gasteiger partial charge in [0.15, 0.2) is 0 Å². The van der Waals surface area contributed by atoms with E-state index in [-0.39, 0.29) is 11.8 Å². The monoisotopic (exact) mass is 211 g/mol. The van der Waals surface area contributed by atoms with Crippen LogP contribution in [0.3, 0.4) is 0 Å². The molecule has 1 amide bonds. The zero-order valence-corrected chi connectivity index (χ0v) is 9.86. The van der Waals surface area contributed by atoms with Crippen LogP contribution in [-0.4, -0.2) is 34.6 Å². The second kappa shape index (κ2) is 3.48. The van der Waals surface area contributed by atoms with Gasteiger partial charge in [-0.2, -0.15) is 0 Å². The van der Waals surface area contributed by atoms with Crippen molar-refractivity contribution in [2.24, 2.45) is 17.8 Å². The standard InChI is InChI=1S/C12H21NO2/c1-8(2)9(3)11(14)13-6-12(15,7-13)10-4-5-10/h8-10,15H,4-7H2,1-3H3. The first-order valence-electron chi connectivity index (χ1n) is 5.95. The summed E-state index contributed by atoms with van der Waals surface area (Å²) in [5.41, 5.74) is -0.535. The normalized spacial score (nSPS) is 26.3. The number of nitrogens with zero attached hydrogens (tertiary/aromatic N) is 1. The molecule has 2 rings (SSSR count). The molecule has 0 aromatic heterocycles. The highest BCUT2D eigenvalue weighted by atomic mass is 16.3. The molecule has 3 nitrogen and oxygen atoms in total. The highest BCUT2D eigenvalue weighted by Crippen LogP contribution is 2.44. The fourth-order valence-electron chi connectivity index (χ4n) is 2.22. The first kappa shape index (κ1) is 10.9. The number of carbonyl (C=O) groups excluding carboxylic acids is 1. The summed E-state index contributed by atoms with van der Waals surface area (Å²) in [7, 11) is 0. The Bertz CT molecular complexity index is 265. The largest absolute Gasteiger partial charge is 0.386 e. The minimum Gasteiger partial charge on any atom is -0.386 e. The van der Waals surface area contributed by atoms with Crippen molar-refractivity contribution in [3.8, 4) is 0 Å². The van der Waals surface area contributed by atoms with Gasteiger partial charge in [0, 0.05) is 5.92 Å². The van der Waals surface area contributed by atoms with Crippen molar-refractivity contribution in [2.45, 2.75) is 39.2 Å². The van der Waals surface area contributed by atoms with Gasteiger partial charge in [-0.25, -0.2) is 0 Å². The molecule has 1 aliphatic carbocycles. The maximum Gasteiger partial charge on any atom is 0.225 e. The van der Waals surface area contributed by atoms with Gasteiger partial charge >= 0.3 is 0 Å². The maximum absolute atomic E-state index is 11.9. The highest BCUT2D eigenvalue weighted by molar-refractivity contribution is 5.79. The maximum atomic E-state index is 11.9. The highest BCUT2D eigenvalue weighted by Gasteiger charge is 2.53. The summed E-state index contributed by atoms with van der Waals surface area (Å²) in [6.07, 6.45) is 2.27. The van der Waals surface area contributed by atoms with E-state index in [1.807, 2.05) is 11.8 Å². The Balaban J connectivity index is 1.85. The first-order chi connectivity index (χ1) is 6.94. The van der Waals surface area contributed by atoms with Crippen LogP contribution in [0.2, 0.25) is 0 Å². The Labute approximate surface area is 91.5 Å². The van der Waals surface area contributed by atoms with Crippen molar-refractivity contribution in [3.05, 3.63) is 0 Å². The SMILES string of the molecule is CC(C)C(C)C(=O)N1CC(O)(C2CC2)C1. The minimum atomic E-state index is -0.535. The molecule has 1 atom stereocenters. The van der Waals surface area contributed by atoms with Crippen molar-refractivity contribution >= 4 is 5.91 Å². The van der Waals surface area contributed by atoms with Crippen molar-refractivity contribution in [1.29, 1.82) is 0 Å². The summed E-state index contributed by atoms with van der Waals surface area (Å²) < 4.78 is 0. The third-order valence-corrected chi connectivity index (χ3v) is 3.97. The van der Waals surface area contributed by atoms with E-state index in [0.29, 0.717) is 24.9 Å². The van der Waals surface area contributed by atoms with Crippen LogP contribution in [0, 0.1) is 17.8 Å². The molecule has 1 heterocycles. The van der Waals surface area contributed by atoms with Crippen molar-refractivity contribution in [1.82, 2.24) is 4.90 Å². The van der Waals surface area contributed by atoms with Gasteiger partial charge in [-0.05, 0) is 24.7 Å². The number of hydrogen-bond donors (Lipinski definition) is 1. The molecule has 0 aromatic rings. The molecule has 1 unspecified atom stereocenters.